The highest BCUT2D eigenvalue weighted by molar-refractivity contribution is 14.1. The summed E-state index contributed by atoms with van der Waals surface area (Å²) >= 11 is 2.04. The number of carbonyl (C=O) groups excluding carboxylic acids is 1. The standard InChI is InChI=1S/C11H15IO6S/c1-3-11(2,12)10(13)17-7-5-4-6-8(16-5)9(7)18-19(6,14)15/h5-9H,3-4H2,1-2H3. The number of rotatable bonds is 3. The first kappa shape index (κ1) is 14.0. The van der Waals surface area contributed by atoms with Gasteiger partial charge in [-0.15, -0.1) is 0 Å². The van der Waals surface area contributed by atoms with E-state index in [1.807, 2.05) is 29.5 Å². The van der Waals surface area contributed by atoms with E-state index >= 15 is 0 Å². The molecule has 0 aliphatic carbocycles. The Bertz CT molecular complexity index is 515. The third kappa shape index (κ3) is 2.02. The minimum atomic E-state index is -3.56. The third-order valence-electron chi connectivity index (χ3n) is 4.13. The summed E-state index contributed by atoms with van der Waals surface area (Å²) in [6, 6.07) is 0. The van der Waals surface area contributed by atoms with Crippen LogP contribution in [-0.4, -0.2) is 47.5 Å². The Kier molecular flexibility index (Phi) is 3.16. The van der Waals surface area contributed by atoms with Crippen LogP contribution in [-0.2, 0) is 28.6 Å². The van der Waals surface area contributed by atoms with Crippen LogP contribution in [0.3, 0.4) is 0 Å². The quantitative estimate of drug-likeness (QED) is 0.300. The summed E-state index contributed by atoms with van der Waals surface area (Å²) in [6.07, 6.45) is -1.11. The summed E-state index contributed by atoms with van der Waals surface area (Å²) in [5, 5.41) is -0.588. The van der Waals surface area contributed by atoms with Gasteiger partial charge in [0.1, 0.15) is 20.9 Å². The van der Waals surface area contributed by atoms with Crippen LogP contribution in [0.15, 0.2) is 0 Å². The molecule has 6 nitrogen and oxygen atoms in total. The van der Waals surface area contributed by atoms with Crippen molar-refractivity contribution in [2.24, 2.45) is 0 Å². The van der Waals surface area contributed by atoms with Gasteiger partial charge in [-0.05, 0) is 19.8 Å². The summed E-state index contributed by atoms with van der Waals surface area (Å²) in [7, 11) is -3.56. The lowest BCUT2D eigenvalue weighted by molar-refractivity contribution is -0.156. The van der Waals surface area contributed by atoms with Gasteiger partial charge in [-0.3, -0.25) is 8.98 Å². The molecule has 108 valence electrons. The number of hydrogen-bond acceptors (Lipinski definition) is 6. The molecule has 0 aromatic rings. The number of carbonyl (C=O) groups is 1. The van der Waals surface area contributed by atoms with Crippen LogP contribution in [0.25, 0.3) is 0 Å². The molecule has 0 radical (unpaired) electrons. The molecule has 3 aliphatic rings. The van der Waals surface area contributed by atoms with Crippen molar-refractivity contribution in [2.75, 3.05) is 0 Å². The number of esters is 1. The number of alkyl halides is 1. The zero-order valence-corrected chi connectivity index (χ0v) is 13.5. The molecule has 3 rings (SSSR count). The Hall–Kier alpha value is 0.0700. The van der Waals surface area contributed by atoms with Gasteiger partial charge in [-0.25, -0.2) is 0 Å². The summed E-state index contributed by atoms with van der Waals surface area (Å²) in [4.78, 5) is 12.1. The van der Waals surface area contributed by atoms with Gasteiger partial charge in [0.2, 0.25) is 0 Å². The number of halogens is 1. The Morgan fingerprint density at radius 1 is 1.47 bits per heavy atom. The second-order valence-electron chi connectivity index (χ2n) is 5.39. The molecule has 19 heavy (non-hydrogen) atoms. The lowest BCUT2D eigenvalue weighted by atomic mass is 9.94. The van der Waals surface area contributed by atoms with Gasteiger partial charge < -0.3 is 9.47 Å². The van der Waals surface area contributed by atoms with E-state index in [0.29, 0.717) is 12.8 Å². The molecule has 6 atom stereocenters. The van der Waals surface area contributed by atoms with Gasteiger partial charge in [-0.2, -0.15) is 8.42 Å². The second kappa shape index (κ2) is 4.28. The molecule has 3 fully saturated rings. The van der Waals surface area contributed by atoms with Gasteiger partial charge >= 0.3 is 5.97 Å². The van der Waals surface area contributed by atoms with Crippen molar-refractivity contribution >= 4 is 38.7 Å². The molecule has 0 aromatic carbocycles. The topological polar surface area (TPSA) is 78.9 Å². The summed E-state index contributed by atoms with van der Waals surface area (Å²) in [6.45, 7) is 3.69. The van der Waals surface area contributed by atoms with Crippen LogP contribution in [0.4, 0.5) is 0 Å². The molecule has 8 heteroatoms. The smallest absolute Gasteiger partial charge is 0.322 e. The van der Waals surface area contributed by atoms with Gasteiger partial charge in [0.05, 0.1) is 6.10 Å². The van der Waals surface area contributed by atoms with E-state index in [2.05, 4.69) is 0 Å². The lowest BCUT2D eigenvalue weighted by Gasteiger charge is -2.26. The second-order valence-corrected chi connectivity index (χ2v) is 9.55. The fourth-order valence-corrected chi connectivity index (χ4v) is 4.53. The van der Waals surface area contributed by atoms with E-state index in [1.54, 1.807) is 6.92 Å². The van der Waals surface area contributed by atoms with Crippen LogP contribution >= 0.6 is 22.6 Å². The Morgan fingerprint density at radius 3 is 2.79 bits per heavy atom. The van der Waals surface area contributed by atoms with Crippen LogP contribution in [0.1, 0.15) is 26.7 Å². The first-order valence-electron chi connectivity index (χ1n) is 6.24. The van der Waals surface area contributed by atoms with E-state index in [-0.39, 0.29) is 12.1 Å². The normalized spacial score (nSPS) is 45.1. The number of fused-ring (bicyclic) bond motifs is 1. The molecule has 3 heterocycles. The molecule has 0 spiro atoms. The first-order valence-corrected chi connectivity index (χ1v) is 8.79. The van der Waals surface area contributed by atoms with E-state index in [0.717, 1.165) is 0 Å². The zero-order chi connectivity index (χ0) is 14.0. The first-order chi connectivity index (χ1) is 8.76. The highest BCUT2D eigenvalue weighted by Crippen LogP contribution is 2.48. The van der Waals surface area contributed by atoms with Crippen LogP contribution in [0.2, 0.25) is 0 Å². The van der Waals surface area contributed by atoms with E-state index < -0.39 is 37.1 Å². The van der Waals surface area contributed by atoms with Crippen molar-refractivity contribution in [3.05, 3.63) is 0 Å². The summed E-state index contributed by atoms with van der Waals surface area (Å²) in [5.41, 5.74) is 0. The van der Waals surface area contributed by atoms with Crippen LogP contribution < -0.4 is 0 Å². The largest absolute Gasteiger partial charge is 0.456 e. The number of hydrogen-bond donors (Lipinski definition) is 0. The molecular formula is C11H15IO6S. The Labute approximate surface area is 125 Å². The van der Waals surface area contributed by atoms with Crippen molar-refractivity contribution in [2.45, 2.75) is 59.8 Å². The average molecular weight is 402 g/mol. The Balaban J connectivity index is 1.77. The highest BCUT2D eigenvalue weighted by Gasteiger charge is 2.67. The SMILES string of the molecule is CCC(C)(I)C(=O)OC1C2CC3C(O2)C1OS3(=O)=O. The zero-order valence-electron chi connectivity index (χ0n) is 10.5. The van der Waals surface area contributed by atoms with Crippen LogP contribution in [0, 0.1) is 0 Å². The van der Waals surface area contributed by atoms with Crippen molar-refractivity contribution in [3.63, 3.8) is 0 Å². The molecular weight excluding hydrogens is 387 g/mol. The molecule has 0 amide bonds. The van der Waals surface area contributed by atoms with Crippen molar-refractivity contribution in [1.82, 2.24) is 0 Å². The maximum atomic E-state index is 12.1. The van der Waals surface area contributed by atoms with E-state index in [9.17, 15) is 13.2 Å². The molecule has 0 saturated carbocycles. The number of ether oxygens (including phenoxy) is 2. The third-order valence-corrected chi connectivity index (χ3v) is 7.02. The summed E-state index contributed by atoms with van der Waals surface area (Å²) in [5.74, 6) is -0.346. The maximum Gasteiger partial charge on any atom is 0.322 e. The monoisotopic (exact) mass is 402 g/mol. The average Bonchev–Trinajstić information content (AvgIpc) is 2.92. The molecule has 3 aliphatic heterocycles. The van der Waals surface area contributed by atoms with Gasteiger partial charge in [0, 0.05) is 0 Å². The highest BCUT2D eigenvalue weighted by atomic mass is 127. The van der Waals surface area contributed by atoms with Crippen molar-refractivity contribution in [1.29, 1.82) is 0 Å². The molecule has 3 saturated heterocycles. The van der Waals surface area contributed by atoms with Crippen molar-refractivity contribution < 1.29 is 26.9 Å². The summed E-state index contributed by atoms with van der Waals surface area (Å²) < 4.78 is 38.9. The van der Waals surface area contributed by atoms with Gasteiger partial charge in [-0.1, -0.05) is 29.5 Å². The molecule has 6 unspecified atom stereocenters. The lowest BCUT2D eigenvalue weighted by Crippen LogP contribution is -2.44. The van der Waals surface area contributed by atoms with E-state index in [1.165, 1.54) is 0 Å². The fourth-order valence-electron chi connectivity index (χ4n) is 2.76. The molecule has 0 aromatic heterocycles. The van der Waals surface area contributed by atoms with E-state index in [4.69, 9.17) is 13.7 Å². The van der Waals surface area contributed by atoms with Crippen LogP contribution in [0.5, 0.6) is 0 Å². The predicted molar refractivity (Wildman–Crippen MR) is 73.5 cm³/mol. The minimum absolute atomic E-state index is 0.346. The maximum absolute atomic E-state index is 12.1. The van der Waals surface area contributed by atoms with Crippen molar-refractivity contribution in [3.8, 4) is 0 Å². The predicted octanol–water partition coefficient (Wildman–Crippen LogP) is 0.770. The van der Waals surface area contributed by atoms with Gasteiger partial charge in [0.25, 0.3) is 10.1 Å². The Morgan fingerprint density at radius 2 is 2.16 bits per heavy atom. The molecule has 2 bridgehead atoms. The van der Waals surface area contributed by atoms with Gasteiger partial charge in [0.15, 0.2) is 6.10 Å². The molecule has 0 N–H and O–H groups in total. The minimum Gasteiger partial charge on any atom is -0.456 e. The fraction of sp³-hybridized carbons (Fsp3) is 0.909.